The SMILES string of the molecule is CC1=CC[C@H]2C(=O)N(c3cccc(C(=O)Nc4c(C)n(C)n(-c5ccccc5)c4=O)c3)C(=O)[C@@H]2C1. The third-order valence-electron chi connectivity index (χ3n) is 6.98. The lowest BCUT2D eigenvalue weighted by molar-refractivity contribution is -0.122. The lowest BCUT2D eigenvalue weighted by atomic mass is 9.82. The standard InChI is InChI=1S/C27H26N4O4/c1-16-12-13-21-22(14-16)26(34)30(25(21)33)20-11-7-8-18(15-20)24(32)28-23-17(2)29(3)31(27(23)35)19-9-5-4-6-10-19/h4-12,15,21-22H,13-14H2,1-3H3,(H,28,32)/t21-,22-/m1/s1. The highest BCUT2D eigenvalue weighted by molar-refractivity contribution is 6.22. The number of carbonyl (C=O) groups excluding carboxylic acids is 3. The fourth-order valence-electron chi connectivity index (χ4n) is 4.98. The van der Waals surface area contributed by atoms with E-state index in [9.17, 15) is 19.2 Å². The van der Waals surface area contributed by atoms with Gasteiger partial charge in [-0.15, -0.1) is 0 Å². The van der Waals surface area contributed by atoms with E-state index in [0.717, 1.165) is 5.57 Å². The predicted molar refractivity (Wildman–Crippen MR) is 133 cm³/mol. The Kier molecular flexibility index (Phi) is 5.51. The molecule has 3 amide bonds. The summed E-state index contributed by atoms with van der Waals surface area (Å²) in [4.78, 5) is 53.6. The summed E-state index contributed by atoms with van der Waals surface area (Å²) in [7, 11) is 1.75. The van der Waals surface area contributed by atoms with Gasteiger partial charge in [0, 0.05) is 12.6 Å². The third kappa shape index (κ3) is 3.71. The maximum Gasteiger partial charge on any atom is 0.295 e. The van der Waals surface area contributed by atoms with E-state index in [1.807, 2.05) is 43.3 Å². The summed E-state index contributed by atoms with van der Waals surface area (Å²) < 4.78 is 3.17. The van der Waals surface area contributed by atoms with Crippen LogP contribution in [0.2, 0.25) is 0 Å². The predicted octanol–water partition coefficient (Wildman–Crippen LogP) is 3.58. The van der Waals surface area contributed by atoms with E-state index in [2.05, 4.69) is 5.32 Å². The van der Waals surface area contributed by atoms with E-state index >= 15 is 0 Å². The molecule has 1 saturated heterocycles. The average molecular weight is 471 g/mol. The molecule has 0 saturated carbocycles. The second kappa shape index (κ2) is 8.54. The number of para-hydroxylation sites is 1. The number of benzene rings is 2. The number of carbonyl (C=O) groups is 3. The molecular weight excluding hydrogens is 444 g/mol. The molecule has 2 atom stereocenters. The Balaban J connectivity index is 1.43. The Morgan fingerprint density at radius 2 is 1.60 bits per heavy atom. The van der Waals surface area contributed by atoms with Crippen molar-refractivity contribution in [2.24, 2.45) is 18.9 Å². The molecule has 1 N–H and O–H groups in total. The summed E-state index contributed by atoms with van der Waals surface area (Å²) in [5.74, 6) is -1.66. The highest BCUT2D eigenvalue weighted by atomic mass is 16.2. The van der Waals surface area contributed by atoms with Gasteiger partial charge in [-0.1, -0.05) is 35.9 Å². The Hall–Kier alpha value is -4.20. The fourth-order valence-corrected chi connectivity index (χ4v) is 4.98. The first-order valence-corrected chi connectivity index (χ1v) is 11.6. The Labute approximate surface area is 202 Å². The highest BCUT2D eigenvalue weighted by Crippen LogP contribution is 2.39. The maximum atomic E-state index is 13.1. The largest absolute Gasteiger partial charge is 0.316 e. The number of nitrogens with zero attached hydrogens (tertiary/aromatic N) is 3. The molecule has 2 aromatic carbocycles. The number of hydrogen-bond donors (Lipinski definition) is 1. The van der Waals surface area contributed by atoms with Gasteiger partial charge in [0.05, 0.1) is 28.9 Å². The van der Waals surface area contributed by atoms with Crippen LogP contribution in [0.15, 0.2) is 71.0 Å². The number of imide groups is 1. The summed E-state index contributed by atoms with van der Waals surface area (Å²) in [5, 5.41) is 2.73. The highest BCUT2D eigenvalue weighted by Gasteiger charge is 2.48. The van der Waals surface area contributed by atoms with Gasteiger partial charge < -0.3 is 5.32 Å². The zero-order valence-electron chi connectivity index (χ0n) is 19.8. The minimum atomic E-state index is -0.494. The molecule has 1 aliphatic heterocycles. The van der Waals surface area contributed by atoms with E-state index in [1.54, 1.807) is 36.9 Å². The van der Waals surface area contributed by atoms with Crippen molar-refractivity contribution in [3.8, 4) is 5.69 Å². The molecule has 0 bridgehead atoms. The fraction of sp³-hybridized carbons (Fsp3) is 0.259. The molecular formula is C27H26N4O4. The Morgan fingerprint density at radius 3 is 2.34 bits per heavy atom. The van der Waals surface area contributed by atoms with Gasteiger partial charge in [-0.2, -0.15) is 0 Å². The Bertz CT molecular complexity index is 1450. The van der Waals surface area contributed by atoms with E-state index in [0.29, 0.717) is 29.9 Å². The molecule has 8 heteroatoms. The molecule has 178 valence electrons. The van der Waals surface area contributed by atoms with Crippen LogP contribution in [0.1, 0.15) is 35.8 Å². The summed E-state index contributed by atoms with van der Waals surface area (Å²) in [6.45, 7) is 3.73. The van der Waals surface area contributed by atoms with Gasteiger partial charge in [-0.25, -0.2) is 4.68 Å². The molecule has 2 heterocycles. The number of fused-ring (bicyclic) bond motifs is 1. The van der Waals surface area contributed by atoms with Crippen molar-refractivity contribution in [2.45, 2.75) is 26.7 Å². The van der Waals surface area contributed by atoms with Crippen molar-refractivity contribution in [2.75, 3.05) is 10.2 Å². The molecule has 5 rings (SSSR count). The second-order valence-electron chi connectivity index (χ2n) is 9.16. The van der Waals surface area contributed by atoms with Crippen molar-refractivity contribution >= 4 is 29.1 Å². The topological polar surface area (TPSA) is 93.4 Å². The van der Waals surface area contributed by atoms with Crippen LogP contribution < -0.4 is 15.8 Å². The van der Waals surface area contributed by atoms with Crippen LogP contribution in [0.3, 0.4) is 0 Å². The van der Waals surface area contributed by atoms with Gasteiger partial charge in [-0.05, 0) is 57.0 Å². The van der Waals surface area contributed by atoms with E-state index < -0.39 is 5.91 Å². The number of nitrogens with one attached hydrogen (secondary N) is 1. The van der Waals surface area contributed by atoms with Crippen LogP contribution in [0.25, 0.3) is 5.69 Å². The molecule has 8 nitrogen and oxygen atoms in total. The maximum absolute atomic E-state index is 13.1. The van der Waals surface area contributed by atoms with E-state index in [1.165, 1.54) is 15.6 Å². The lowest BCUT2D eigenvalue weighted by Crippen LogP contribution is -2.31. The van der Waals surface area contributed by atoms with Gasteiger partial charge in [0.25, 0.3) is 11.5 Å². The molecule has 0 unspecified atom stereocenters. The molecule has 1 aromatic heterocycles. The first-order chi connectivity index (χ1) is 16.8. The van der Waals surface area contributed by atoms with Crippen LogP contribution in [-0.4, -0.2) is 27.1 Å². The summed E-state index contributed by atoms with van der Waals surface area (Å²) in [5.41, 5.74) is 2.84. The summed E-state index contributed by atoms with van der Waals surface area (Å²) >= 11 is 0. The molecule has 0 spiro atoms. The number of rotatable bonds is 4. The van der Waals surface area contributed by atoms with Gasteiger partial charge in [-0.3, -0.25) is 28.8 Å². The van der Waals surface area contributed by atoms with Gasteiger partial charge >= 0.3 is 0 Å². The minimum absolute atomic E-state index is 0.174. The molecule has 1 aliphatic carbocycles. The molecule has 2 aliphatic rings. The van der Waals surface area contributed by atoms with E-state index in [-0.39, 0.29) is 40.5 Å². The smallest absolute Gasteiger partial charge is 0.295 e. The first-order valence-electron chi connectivity index (χ1n) is 11.6. The van der Waals surface area contributed by atoms with Crippen LogP contribution in [0.4, 0.5) is 11.4 Å². The van der Waals surface area contributed by atoms with E-state index in [4.69, 9.17) is 0 Å². The monoisotopic (exact) mass is 470 g/mol. The number of aromatic nitrogens is 2. The van der Waals surface area contributed by atoms with Crippen molar-refractivity contribution in [3.05, 3.63) is 87.9 Å². The van der Waals surface area contributed by atoms with Crippen molar-refractivity contribution in [1.82, 2.24) is 9.36 Å². The zero-order valence-corrected chi connectivity index (χ0v) is 19.8. The minimum Gasteiger partial charge on any atom is -0.316 e. The number of allylic oxidation sites excluding steroid dienone is 2. The number of anilines is 2. The number of amides is 3. The average Bonchev–Trinajstić information content (AvgIpc) is 3.23. The van der Waals surface area contributed by atoms with Crippen LogP contribution in [-0.2, 0) is 16.6 Å². The molecule has 0 radical (unpaired) electrons. The van der Waals surface area contributed by atoms with Crippen LogP contribution in [0.5, 0.6) is 0 Å². The second-order valence-corrected chi connectivity index (χ2v) is 9.16. The van der Waals surface area contributed by atoms with Gasteiger partial charge in [0.1, 0.15) is 5.69 Å². The zero-order chi connectivity index (χ0) is 24.9. The Morgan fingerprint density at radius 1 is 0.914 bits per heavy atom. The number of hydrogen-bond acceptors (Lipinski definition) is 4. The van der Waals surface area contributed by atoms with Gasteiger partial charge in [0.15, 0.2) is 0 Å². The molecule has 3 aromatic rings. The lowest BCUT2D eigenvalue weighted by Gasteiger charge is -2.18. The van der Waals surface area contributed by atoms with Gasteiger partial charge in [0.2, 0.25) is 11.8 Å². The van der Waals surface area contributed by atoms with Crippen LogP contribution >= 0.6 is 0 Å². The van der Waals surface area contributed by atoms with Crippen molar-refractivity contribution in [1.29, 1.82) is 0 Å². The third-order valence-corrected chi connectivity index (χ3v) is 6.98. The van der Waals surface area contributed by atoms with Crippen molar-refractivity contribution < 1.29 is 14.4 Å². The van der Waals surface area contributed by atoms with Crippen LogP contribution in [0, 0.1) is 18.8 Å². The normalized spacial score (nSPS) is 19.5. The van der Waals surface area contributed by atoms with Crippen molar-refractivity contribution in [3.63, 3.8) is 0 Å². The summed E-state index contributed by atoms with van der Waals surface area (Å²) in [6.07, 6.45) is 3.15. The summed E-state index contributed by atoms with van der Waals surface area (Å²) in [6, 6.07) is 15.6. The quantitative estimate of drug-likeness (QED) is 0.466. The molecule has 35 heavy (non-hydrogen) atoms. The molecule has 1 fully saturated rings. The first kappa shape index (κ1) is 22.6.